The van der Waals surface area contributed by atoms with Crippen LogP contribution in [0.15, 0.2) is 12.7 Å². The summed E-state index contributed by atoms with van der Waals surface area (Å²) in [5.74, 6) is -9.90. The van der Waals surface area contributed by atoms with Gasteiger partial charge in [-0.15, -0.1) is 0 Å². The van der Waals surface area contributed by atoms with E-state index in [2.05, 4.69) is 6.58 Å². The molecule has 0 bridgehead atoms. The minimum atomic E-state index is -6.19. The summed E-state index contributed by atoms with van der Waals surface area (Å²) in [5, 5.41) is 0. The molecule has 0 saturated heterocycles. The molecule has 0 aliphatic rings. The molecule has 0 spiro atoms. The van der Waals surface area contributed by atoms with Crippen molar-refractivity contribution in [1.29, 1.82) is 0 Å². The van der Waals surface area contributed by atoms with Gasteiger partial charge in [0.05, 0.1) is 6.42 Å². The Morgan fingerprint density at radius 1 is 1.00 bits per heavy atom. The maximum Gasteiger partial charge on any atom is 0.456 e. The van der Waals surface area contributed by atoms with Crippen molar-refractivity contribution in [2.75, 3.05) is 0 Å². The lowest BCUT2D eigenvalue weighted by Crippen LogP contribution is -2.46. The first kappa shape index (κ1) is 14.2. The Morgan fingerprint density at radius 3 is 1.67 bits per heavy atom. The summed E-state index contributed by atoms with van der Waals surface area (Å²) in [7, 11) is 0. The normalized spacial score (nSPS) is 16.3. The zero-order valence-electron chi connectivity index (χ0n) is 7.09. The minimum absolute atomic E-state index is 0.188. The molecule has 0 rings (SSSR count). The number of rotatable bonds is 4. The standard InChI is InChI=1S/C7H6F8/c1-2-5(9,10)3-4(8)6(11,12)7(13,14)15/h2,4H,1,3H2. The Bertz CT molecular complexity index is 228. The van der Waals surface area contributed by atoms with Gasteiger partial charge in [0.2, 0.25) is 0 Å². The molecule has 0 saturated carbocycles. The molecule has 8 heteroatoms. The summed E-state index contributed by atoms with van der Waals surface area (Å²) >= 11 is 0. The second kappa shape index (κ2) is 3.97. The average Bonchev–Trinajstić information content (AvgIpc) is 2.01. The molecule has 0 amide bonds. The highest BCUT2D eigenvalue weighted by atomic mass is 19.4. The van der Waals surface area contributed by atoms with Crippen LogP contribution in [-0.2, 0) is 0 Å². The van der Waals surface area contributed by atoms with Gasteiger partial charge in [-0.25, -0.2) is 13.2 Å². The molecule has 15 heavy (non-hydrogen) atoms. The van der Waals surface area contributed by atoms with E-state index < -0.39 is 30.6 Å². The molecule has 0 aromatic carbocycles. The van der Waals surface area contributed by atoms with Crippen LogP contribution in [0.25, 0.3) is 0 Å². The van der Waals surface area contributed by atoms with Crippen LogP contribution < -0.4 is 0 Å². The summed E-state index contributed by atoms with van der Waals surface area (Å²) in [5.41, 5.74) is 0. The van der Waals surface area contributed by atoms with E-state index in [1.807, 2.05) is 0 Å². The van der Waals surface area contributed by atoms with Crippen LogP contribution in [0.1, 0.15) is 6.42 Å². The number of allylic oxidation sites excluding steroid dienone is 1. The zero-order valence-corrected chi connectivity index (χ0v) is 7.09. The SMILES string of the molecule is C=CC(F)(F)CC(F)C(F)(F)C(F)(F)F. The lowest BCUT2D eigenvalue weighted by Gasteiger charge is -2.24. The van der Waals surface area contributed by atoms with Gasteiger partial charge in [0.15, 0.2) is 6.17 Å². The van der Waals surface area contributed by atoms with Gasteiger partial charge in [-0.2, -0.15) is 22.0 Å². The Kier molecular flexibility index (Phi) is 3.76. The van der Waals surface area contributed by atoms with E-state index in [4.69, 9.17) is 0 Å². The minimum Gasteiger partial charge on any atom is -0.240 e. The van der Waals surface area contributed by atoms with E-state index in [9.17, 15) is 35.1 Å². The van der Waals surface area contributed by atoms with Crippen LogP contribution >= 0.6 is 0 Å². The molecular weight excluding hydrogens is 236 g/mol. The molecule has 0 N–H and O–H groups in total. The number of alkyl halides is 8. The Balaban J connectivity index is 4.73. The van der Waals surface area contributed by atoms with Crippen molar-refractivity contribution in [3.05, 3.63) is 12.7 Å². The zero-order chi connectivity index (χ0) is 12.5. The molecular formula is C7H6F8. The van der Waals surface area contributed by atoms with Crippen LogP contribution in [0.5, 0.6) is 0 Å². The van der Waals surface area contributed by atoms with Gasteiger partial charge in [-0.05, 0) is 6.08 Å². The van der Waals surface area contributed by atoms with E-state index in [-0.39, 0.29) is 6.08 Å². The average molecular weight is 242 g/mol. The number of hydrogen-bond donors (Lipinski definition) is 0. The predicted octanol–water partition coefficient (Wildman–Crippen LogP) is 3.73. The second-order valence-electron chi connectivity index (χ2n) is 2.76. The topological polar surface area (TPSA) is 0 Å². The third-order valence-electron chi connectivity index (χ3n) is 1.52. The predicted molar refractivity (Wildman–Crippen MR) is 35.7 cm³/mol. The molecule has 0 aromatic rings. The third-order valence-corrected chi connectivity index (χ3v) is 1.52. The highest BCUT2D eigenvalue weighted by Gasteiger charge is 2.64. The lowest BCUT2D eigenvalue weighted by molar-refractivity contribution is -0.307. The fourth-order valence-corrected chi connectivity index (χ4v) is 0.628. The molecule has 1 atom stereocenters. The molecule has 1 unspecified atom stereocenters. The van der Waals surface area contributed by atoms with Crippen LogP contribution in [0.4, 0.5) is 35.1 Å². The van der Waals surface area contributed by atoms with Gasteiger partial charge in [0, 0.05) is 0 Å². The molecule has 0 aliphatic carbocycles. The van der Waals surface area contributed by atoms with Crippen molar-refractivity contribution in [2.24, 2.45) is 0 Å². The Labute approximate surface area is 79.6 Å². The van der Waals surface area contributed by atoms with E-state index in [0.717, 1.165) is 0 Å². The molecule has 0 aliphatic heterocycles. The van der Waals surface area contributed by atoms with Crippen LogP contribution in [-0.4, -0.2) is 24.2 Å². The monoisotopic (exact) mass is 242 g/mol. The van der Waals surface area contributed by atoms with Gasteiger partial charge in [-0.3, -0.25) is 0 Å². The maximum absolute atomic E-state index is 12.4. The second-order valence-corrected chi connectivity index (χ2v) is 2.76. The third kappa shape index (κ3) is 3.35. The summed E-state index contributed by atoms with van der Waals surface area (Å²) < 4.78 is 95.6. The first-order valence-electron chi connectivity index (χ1n) is 3.54. The van der Waals surface area contributed by atoms with Crippen LogP contribution in [0.3, 0.4) is 0 Å². The Hall–Kier alpha value is -0.820. The fraction of sp³-hybridized carbons (Fsp3) is 0.714. The van der Waals surface area contributed by atoms with Gasteiger partial charge in [-0.1, -0.05) is 6.58 Å². The highest BCUT2D eigenvalue weighted by molar-refractivity contribution is 4.94. The molecule has 0 fully saturated rings. The first-order chi connectivity index (χ1) is 6.44. The summed E-state index contributed by atoms with van der Waals surface area (Å²) in [4.78, 5) is 0. The maximum atomic E-state index is 12.4. The summed E-state index contributed by atoms with van der Waals surface area (Å²) in [6.07, 6.45) is -12.6. The molecule has 0 radical (unpaired) electrons. The Morgan fingerprint density at radius 2 is 1.40 bits per heavy atom. The van der Waals surface area contributed by atoms with E-state index in [0.29, 0.717) is 0 Å². The first-order valence-corrected chi connectivity index (χ1v) is 3.54. The summed E-state index contributed by atoms with van der Waals surface area (Å²) in [6.45, 7) is 2.49. The number of halogens is 8. The van der Waals surface area contributed by atoms with Gasteiger partial charge >= 0.3 is 12.1 Å². The molecule has 0 heterocycles. The van der Waals surface area contributed by atoms with E-state index >= 15 is 0 Å². The molecule has 0 aromatic heterocycles. The highest BCUT2D eigenvalue weighted by Crippen LogP contribution is 2.42. The van der Waals surface area contributed by atoms with Gasteiger partial charge in [0.1, 0.15) is 0 Å². The van der Waals surface area contributed by atoms with Crippen molar-refractivity contribution in [1.82, 2.24) is 0 Å². The van der Waals surface area contributed by atoms with Gasteiger partial charge in [0.25, 0.3) is 5.92 Å². The van der Waals surface area contributed by atoms with Gasteiger partial charge < -0.3 is 0 Å². The van der Waals surface area contributed by atoms with Crippen molar-refractivity contribution < 1.29 is 35.1 Å². The largest absolute Gasteiger partial charge is 0.456 e. The number of hydrogen-bond acceptors (Lipinski definition) is 0. The molecule has 0 nitrogen and oxygen atoms in total. The smallest absolute Gasteiger partial charge is 0.240 e. The van der Waals surface area contributed by atoms with Crippen molar-refractivity contribution in [3.63, 3.8) is 0 Å². The lowest BCUT2D eigenvalue weighted by atomic mass is 10.1. The van der Waals surface area contributed by atoms with Crippen molar-refractivity contribution in [2.45, 2.75) is 30.6 Å². The van der Waals surface area contributed by atoms with Crippen molar-refractivity contribution >= 4 is 0 Å². The van der Waals surface area contributed by atoms with Crippen molar-refractivity contribution in [3.8, 4) is 0 Å². The van der Waals surface area contributed by atoms with Crippen LogP contribution in [0, 0.1) is 0 Å². The fourth-order valence-electron chi connectivity index (χ4n) is 0.628. The molecule has 90 valence electrons. The van der Waals surface area contributed by atoms with E-state index in [1.165, 1.54) is 0 Å². The van der Waals surface area contributed by atoms with Crippen LogP contribution in [0.2, 0.25) is 0 Å². The summed E-state index contributed by atoms with van der Waals surface area (Å²) in [6, 6.07) is 0. The quantitative estimate of drug-likeness (QED) is 0.520. The van der Waals surface area contributed by atoms with E-state index in [1.54, 1.807) is 0 Å².